The third-order valence-corrected chi connectivity index (χ3v) is 4.61. The molecule has 0 saturated carbocycles. The number of halogens is 1. The van der Waals surface area contributed by atoms with E-state index in [0.29, 0.717) is 21.3 Å². The molecular formula is C14H9ClN2OS2. The van der Waals surface area contributed by atoms with Crippen molar-refractivity contribution in [2.45, 2.75) is 0 Å². The lowest BCUT2D eigenvalue weighted by atomic mass is 10.0. The number of nitrogens with one attached hydrogen (secondary N) is 1. The van der Waals surface area contributed by atoms with Crippen molar-refractivity contribution in [2.24, 2.45) is 0 Å². The number of hydrogen-bond donors (Lipinski definition) is 1. The number of carbonyl (C=O) groups is 1. The number of thiophene rings is 2. The molecule has 0 aromatic carbocycles. The summed E-state index contributed by atoms with van der Waals surface area (Å²) in [5.74, 6) is 0.479. The number of Topliss-reactive ketones (excluding diaryl/α,β-unsaturated/α-hetero) is 1. The van der Waals surface area contributed by atoms with Gasteiger partial charge in [0.15, 0.2) is 5.78 Å². The summed E-state index contributed by atoms with van der Waals surface area (Å²) in [6.45, 7) is 0. The summed E-state index contributed by atoms with van der Waals surface area (Å²) in [5, 5.41) is 5.60. The molecule has 3 aromatic rings. The number of carbonyl (C=O) groups excluding carboxylic acids is 1. The van der Waals surface area contributed by atoms with Gasteiger partial charge in [-0.3, -0.25) is 4.79 Å². The quantitative estimate of drug-likeness (QED) is 0.563. The van der Waals surface area contributed by atoms with E-state index in [0.717, 1.165) is 5.56 Å². The van der Waals surface area contributed by atoms with Crippen molar-refractivity contribution in [3.63, 3.8) is 0 Å². The fourth-order valence-corrected chi connectivity index (χ4v) is 3.27. The predicted octanol–water partition coefficient (Wildman–Crippen LogP) is 4.61. The third-order valence-electron chi connectivity index (χ3n) is 2.73. The Morgan fingerprint density at radius 3 is 2.85 bits per heavy atom. The lowest BCUT2D eigenvalue weighted by molar-refractivity contribution is 0.105. The van der Waals surface area contributed by atoms with Crippen LogP contribution < -0.4 is 0 Å². The fraction of sp³-hybridized carbons (Fsp3) is 0. The molecule has 0 spiro atoms. The van der Waals surface area contributed by atoms with Crippen LogP contribution in [0.1, 0.15) is 21.7 Å². The van der Waals surface area contributed by atoms with Crippen molar-refractivity contribution in [3.8, 4) is 0 Å². The van der Waals surface area contributed by atoms with Crippen LogP contribution in [-0.4, -0.2) is 15.8 Å². The molecule has 0 bridgehead atoms. The number of imidazole rings is 1. The number of allylic oxidation sites excluding steroid dienone is 1. The van der Waals surface area contributed by atoms with Gasteiger partial charge in [0, 0.05) is 28.9 Å². The number of H-pyrrole nitrogens is 1. The van der Waals surface area contributed by atoms with Gasteiger partial charge in [0.05, 0.1) is 5.57 Å². The second-order valence-electron chi connectivity index (χ2n) is 3.99. The van der Waals surface area contributed by atoms with Crippen LogP contribution in [0.25, 0.3) is 11.6 Å². The highest BCUT2D eigenvalue weighted by Crippen LogP contribution is 2.28. The van der Waals surface area contributed by atoms with Crippen molar-refractivity contribution in [2.75, 3.05) is 0 Å². The van der Waals surface area contributed by atoms with Gasteiger partial charge in [0.25, 0.3) is 0 Å². The van der Waals surface area contributed by atoms with E-state index in [1.54, 1.807) is 24.5 Å². The Bertz CT molecular complexity index is 742. The first-order valence-electron chi connectivity index (χ1n) is 5.77. The standard InChI is InChI=1S/C14H9ClN2OS2/c15-13-9(2-6-20-13)7-11(14-16-3-4-17-14)12(18)10-1-5-19-8-10/h1-8H,(H,16,17). The fourth-order valence-electron chi connectivity index (χ4n) is 1.76. The molecule has 100 valence electrons. The maximum absolute atomic E-state index is 12.6. The largest absolute Gasteiger partial charge is 0.345 e. The minimum absolute atomic E-state index is 0.0662. The molecule has 3 nitrogen and oxygen atoms in total. The summed E-state index contributed by atoms with van der Waals surface area (Å²) in [4.78, 5) is 19.7. The lowest BCUT2D eigenvalue weighted by Crippen LogP contribution is -2.03. The van der Waals surface area contributed by atoms with Gasteiger partial charge in [-0.15, -0.1) is 11.3 Å². The zero-order valence-electron chi connectivity index (χ0n) is 10.2. The number of aromatic nitrogens is 2. The summed E-state index contributed by atoms with van der Waals surface area (Å²) < 4.78 is 0.659. The Morgan fingerprint density at radius 1 is 1.35 bits per heavy atom. The average molecular weight is 321 g/mol. The highest BCUT2D eigenvalue weighted by molar-refractivity contribution is 7.14. The smallest absolute Gasteiger partial charge is 0.197 e. The molecule has 0 radical (unpaired) electrons. The van der Waals surface area contributed by atoms with Crippen LogP contribution in [0.15, 0.2) is 40.7 Å². The zero-order valence-corrected chi connectivity index (χ0v) is 12.6. The highest BCUT2D eigenvalue weighted by atomic mass is 35.5. The van der Waals surface area contributed by atoms with Crippen molar-refractivity contribution in [1.82, 2.24) is 9.97 Å². The second-order valence-corrected chi connectivity index (χ2v) is 6.28. The first kappa shape index (κ1) is 13.3. The minimum Gasteiger partial charge on any atom is -0.345 e. The summed E-state index contributed by atoms with van der Waals surface area (Å²) in [7, 11) is 0. The van der Waals surface area contributed by atoms with Crippen LogP contribution >= 0.6 is 34.3 Å². The lowest BCUT2D eigenvalue weighted by Gasteiger charge is -2.02. The van der Waals surface area contributed by atoms with E-state index in [9.17, 15) is 4.79 Å². The van der Waals surface area contributed by atoms with Gasteiger partial charge in [-0.25, -0.2) is 4.98 Å². The van der Waals surface area contributed by atoms with E-state index >= 15 is 0 Å². The summed E-state index contributed by atoms with van der Waals surface area (Å²) in [6.07, 6.45) is 5.09. The van der Waals surface area contributed by atoms with Crippen molar-refractivity contribution in [1.29, 1.82) is 0 Å². The molecule has 0 aliphatic carbocycles. The van der Waals surface area contributed by atoms with Crippen molar-refractivity contribution >= 4 is 51.7 Å². The number of hydrogen-bond acceptors (Lipinski definition) is 4. The molecule has 3 heterocycles. The molecule has 1 N–H and O–H groups in total. The van der Waals surface area contributed by atoms with Gasteiger partial charge in [0.2, 0.25) is 0 Å². The van der Waals surface area contributed by atoms with E-state index in [1.807, 2.05) is 22.2 Å². The number of aromatic amines is 1. The van der Waals surface area contributed by atoms with Gasteiger partial charge in [-0.1, -0.05) is 11.6 Å². The van der Waals surface area contributed by atoms with Crippen molar-refractivity contribution < 1.29 is 4.79 Å². The van der Waals surface area contributed by atoms with Gasteiger partial charge in [-0.2, -0.15) is 11.3 Å². The molecule has 0 amide bonds. The molecule has 0 aliphatic heterocycles. The molecule has 6 heteroatoms. The summed E-state index contributed by atoms with van der Waals surface area (Å²) >= 11 is 9.03. The van der Waals surface area contributed by atoms with Gasteiger partial charge >= 0.3 is 0 Å². The number of nitrogens with zero attached hydrogens (tertiary/aromatic N) is 1. The normalized spacial score (nSPS) is 11.8. The van der Waals surface area contributed by atoms with Crippen LogP contribution in [0.2, 0.25) is 4.34 Å². The number of ketones is 1. The maximum atomic E-state index is 12.6. The Balaban J connectivity index is 2.08. The van der Waals surface area contributed by atoms with Crippen LogP contribution in [0.5, 0.6) is 0 Å². The summed E-state index contributed by atoms with van der Waals surface area (Å²) in [6, 6.07) is 3.69. The molecule has 3 rings (SSSR count). The third kappa shape index (κ3) is 2.60. The SMILES string of the molecule is O=C(C(=Cc1ccsc1Cl)c1ncc[nH]1)c1ccsc1. The Labute approximate surface area is 128 Å². The Kier molecular flexibility index (Phi) is 3.82. The van der Waals surface area contributed by atoms with E-state index < -0.39 is 0 Å². The van der Waals surface area contributed by atoms with E-state index in [4.69, 9.17) is 11.6 Å². The van der Waals surface area contributed by atoms with Crippen LogP contribution in [0.3, 0.4) is 0 Å². The molecule has 0 unspecified atom stereocenters. The molecule has 0 fully saturated rings. The predicted molar refractivity (Wildman–Crippen MR) is 84.4 cm³/mol. The molecule has 0 atom stereocenters. The van der Waals surface area contributed by atoms with Gasteiger partial charge in [-0.05, 0) is 29.0 Å². The van der Waals surface area contributed by atoms with Crippen molar-refractivity contribution in [3.05, 3.63) is 62.0 Å². The topological polar surface area (TPSA) is 45.8 Å². The first-order valence-corrected chi connectivity index (χ1v) is 7.97. The van der Waals surface area contributed by atoms with E-state index in [1.165, 1.54) is 22.7 Å². The zero-order chi connectivity index (χ0) is 13.9. The van der Waals surface area contributed by atoms with Crippen LogP contribution in [-0.2, 0) is 0 Å². The maximum Gasteiger partial charge on any atom is 0.197 e. The molecule has 20 heavy (non-hydrogen) atoms. The Morgan fingerprint density at radius 2 is 2.25 bits per heavy atom. The van der Waals surface area contributed by atoms with E-state index in [2.05, 4.69) is 9.97 Å². The first-order chi connectivity index (χ1) is 9.75. The van der Waals surface area contributed by atoms with Gasteiger partial charge < -0.3 is 4.98 Å². The Hall–Kier alpha value is -1.69. The molecule has 0 saturated heterocycles. The van der Waals surface area contributed by atoms with E-state index in [-0.39, 0.29) is 5.78 Å². The number of rotatable bonds is 4. The summed E-state index contributed by atoms with van der Waals surface area (Å²) in [5.41, 5.74) is 1.99. The second kappa shape index (κ2) is 5.75. The molecule has 3 aromatic heterocycles. The average Bonchev–Trinajstić information content (AvgIpc) is 3.18. The van der Waals surface area contributed by atoms with Crippen LogP contribution in [0.4, 0.5) is 0 Å². The molecule has 0 aliphatic rings. The van der Waals surface area contributed by atoms with Crippen LogP contribution in [0, 0.1) is 0 Å². The molecular weight excluding hydrogens is 312 g/mol. The van der Waals surface area contributed by atoms with Gasteiger partial charge in [0.1, 0.15) is 10.2 Å². The highest BCUT2D eigenvalue weighted by Gasteiger charge is 2.17. The monoisotopic (exact) mass is 320 g/mol. The minimum atomic E-state index is -0.0662.